The van der Waals surface area contributed by atoms with Gasteiger partial charge in [-0.05, 0) is 30.3 Å². The maximum absolute atomic E-state index is 13.6. The number of hydrogen-bond acceptors (Lipinski definition) is 2. The third-order valence-corrected chi connectivity index (χ3v) is 3.27. The fraction of sp³-hybridized carbons (Fsp3) is 0. The van der Waals surface area contributed by atoms with Crippen molar-refractivity contribution in [2.24, 2.45) is 0 Å². The molecule has 20 heavy (non-hydrogen) atoms. The van der Waals surface area contributed by atoms with Gasteiger partial charge in [-0.25, -0.2) is 8.78 Å². The molecular formula is C13H8BrClF2N2O. The minimum atomic E-state index is -0.898. The number of carbonyl (C=O) groups is 1. The zero-order valence-corrected chi connectivity index (χ0v) is 12.2. The molecule has 1 amide bonds. The third kappa shape index (κ3) is 3.08. The monoisotopic (exact) mass is 360 g/mol. The standard InChI is InChI=1S/C13H8BrClF2N2O/c14-6-3-10(16)12(11(17)4-6)19-13(20)8-5-7(18)1-2-9(8)15/h1-5H,18H2,(H,19,20). The maximum Gasteiger partial charge on any atom is 0.257 e. The highest BCUT2D eigenvalue weighted by Crippen LogP contribution is 2.26. The van der Waals surface area contributed by atoms with Gasteiger partial charge in [-0.2, -0.15) is 0 Å². The van der Waals surface area contributed by atoms with Crippen LogP contribution in [0, 0.1) is 11.6 Å². The summed E-state index contributed by atoms with van der Waals surface area (Å²) >= 11 is 8.80. The normalized spacial score (nSPS) is 10.4. The Labute approximate surface area is 126 Å². The highest BCUT2D eigenvalue weighted by Gasteiger charge is 2.16. The molecule has 0 aliphatic heterocycles. The number of benzene rings is 2. The topological polar surface area (TPSA) is 55.1 Å². The Kier molecular flexibility index (Phi) is 4.25. The predicted octanol–water partition coefficient (Wildman–Crippen LogP) is 4.22. The first kappa shape index (κ1) is 14.7. The van der Waals surface area contributed by atoms with E-state index in [0.29, 0.717) is 5.69 Å². The number of hydrogen-bond donors (Lipinski definition) is 2. The fourth-order valence-corrected chi connectivity index (χ4v) is 2.16. The van der Waals surface area contributed by atoms with Crippen LogP contribution in [0.5, 0.6) is 0 Å². The smallest absolute Gasteiger partial charge is 0.257 e. The number of rotatable bonds is 2. The van der Waals surface area contributed by atoms with E-state index in [1.807, 2.05) is 0 Å². The molecule has 0 aromatic heterocycles. The van der Waals surface area contributed by atoms with Crippen molar-refractivity contribution < 1.29 is 13.6 Å². The SMILES string of the molecule is Nc1ccc(Cl)c(C(=O)Nc2c(F)cc(Br)cc2F)c1. The first-order valence-corrected chi connectivity index (χ1v) is 6.56. The van der Waals surface area contributed by atoms with Crippen LogP contribution in [0.3, 0.4) is 0 Å². The lowest BCUT2D eigenvalue weighted by Gasteiger charge is -2.09. The minimum absolute atomic E-state index is 0.0355. The zero-order chi connectivity index (χ0) is 14.9. The van der Waals surface area contributed by atoms with Gasteiger partial charge in [-0.3, -0.25) is 4.79 Å². The highest BCUT2D eigenvalue weighted by molar-refractivity contribution is 9.10. The molecule has 2 aromatic carbocycles. The Morgan fingerprint density at radius 1 is 1.20 bits per heavy atom. The molecule has 7 heteroatoms. The first-order chi connectivity index (χ1) is 9.38. The van der Waals surface area contributed by atoms with Crippen molar-refractivity contribution in [3.8, 4) is 0 Å². The molecule has 0 saturated carbocycles. The average Bonchev–Trinajstić information content (AvgIpc) is 2.36. The molecule has 0 radical (unpaired) electrons. The molecule has 0 aliphatic carbocycles. The lowest BCUT2D eigenvalue weighted by atomic mass is 10.2. The van der Waals surface area contributed by atoms with E-state index in [1.54, 1.807) is 0 Å². The largest absolute Gasteiger partial charge is 0.399 e. The molecule has 0 bridgehead atoms. The van der Waals surface area contributed by atoms with E-state index in [4.69, 9.17) is 17.3 Å². The van der Waals surface area contributed by atoms with Crippen molar-refractivity contribution >= 4 is 44.8 Å². The Bertz CT molecular complexity index is 671. The second-order valence-electron chi connectivity index (χ2n) is 3.94. The van der Waals surface area contributed by atoms with Crippen LogP contribution in [0.25, 0.3) is 0 Å². The molecule has 104 valence electrons. The van der Waals surface area contributed by atoms with Crippen LogP contribution in [0.15, 0.2) is 34.8 Å². The molecular weight excluding hydrogens is 354 g/mol. The van der Waals surface area contributed by atoms with Crippen LogP contribution >= 0.6 is 27.5 Å². The van der Waals surface area contributed by atoms with E-state index in [2.05, 4.69) is 21.2 Å². The molecule has 3 N–H and O–H groups in total. The molecule has 0 saturated heterocycles. The predicted molar refractivity (Wildman–Crippen MR) is 77.9 cm³/mol. The van der Waals surface area contributed by atoms with Crippen LogP contribution in [0.1, 0.15) is 10.4 Å². The summed E-state index contributed by atoms with van der Waals surface area (Å²) in [6, 6.07) is 6.35. The second kappa shape index (κ2) is 5.76. The highest BCUT2D eigenvalue weighted by atomic mass is 79.9. The van der Waals surface area contributed by atoms with Crippen molar-refractivity contribution in [2.45, 2.75) is 0 Å². The summed E-state index contributed by atoms with van der Waals surface area (Å²) < 4.78 is 27.5. The summed E-state index contributed by atoms with van der Waals surface area (Å²) in [5.74, 6) is -2.54. The number of nitrogens with one attached hydrogen (secondary N) is 1. The first-order valence-electron chi connectivity index (χ1n) is 5.39. The molecule has 2 aromatic rings. The average molecular weight is 362 g/mol. The Morgan fingerprint density at radius 2 is 1.80 bits per heavy atom. The van der Waals surface area contributed by atoms with Gasteiger partial charge in [0.05, 0.1) is 10.6 Å². The van der Waals surface area contributed by atoms with Gasteiger partial charge in [0.25, 0.3) is 5.91 Å². The number of carbonyl (C=O) groups excluding carboxylic acids is 1. The van der Waals surface area contributed by atoms with Crippen molar-refractivity contribution in [3.63, 3.8) is 0 Å². The summed E-state index contributed by atoms with van der Waals surface area (Å²) in [5.41, 5.74) is 5.35. The van der Waals surface area contributed by atoms with E-state index in [-0.39, 0.29) is 15.1 Å². The van der Waals surface area contributed by atoms with Crippen molar-refractivity contribution in [1.29, 1.82) is 0 Å². The zero-order valence-electron chi connectivity index (χ0n) is 9.88. The molecule has 0 fully saturated rings. The molecule has 0 unspecified atom stereocenters. The molecule has 0 aliphatic rings. The summed E-state index contributed by atoms with van der Waals surface area (Å²) in [5, 5.41) is 2.27. The number of amides is 1. The summed E-state index contributed by atoms with van der Waals surface area (Å²) in [6.07, 6.45) is 0. The molecule has 3 nitrogen and oxygen atoms in total. The lowest BCUT2D eigenvalue weighted by molar-refractivity contribution is 0.102. The number of halogens is 4. The van der Waals surface area contributed by atoms with Gasteiger partial charge in [0.15, 0.2) is 11.6 Å². The maximum atomic E-state index is 13.6. The second-order valence-corrected chi connectivity index (χ2v) is 5.26. The van der Waals surface area contributed by atoms with Gasteiger partial charge < -0.3 is 11.1 Å². The van der Waals surface area contributed by atoms with Gasteiger partial charge in [0.1, 0.15) is 5.69 Å². The van der Waals surface area contributed by atoms with E-state index >= 15 is 0 Å². The molecule has 0 atom stereocenters. The van der Waals surface area contributed by atoms with Crippen LogP contribution in [-0.4, -0.2) is 5.91 Å². The van der Waals surface area contributed by atoms with E-state index in [9.17, 15) is 13.6 Å². The van der Waals surface area contributed by atoms with Gasteiger partial charge in [-0.15, -0.1) is 0 Å². The molecule has 2 rings (SSSR count). The Balaban J connectivity index is 2.35. The van der Waals surface area contributed by atoms with E-state index in [1.165, 1.54) is 18.2 Å². The summed E-state index contributed by atoms with van der Waals surface area (Å²) in [7, 11) is 0. The van der Waals surface area contributed by atoms with E-state index in [0.717, 1.165) is 12.1 Å². The van der Waals surface area contributed by atoms with Crippen LogP contribution in [0.4, 0.5) is 20.2 Å². The van der Waals surface area contributed by atoms with Gasteiger partial charge in [-0.1, -0.05) is 27.5 Å². The Hall–Kier alpha value is -1.66. The van der Waals surface area contributed by atoms with Crippen molar-refractivity contribution in [1.82, 2.24) is 0 Å². The number of nitrogens with two attached hydrogens (primary N) is 1. The lowest BCUT2D eigenvalue weighted by Crippen LogP contribution is -2.15. The summed E-state index contributed by atoms with van der Waals surface area (Å²) in [4.78, 5) is 12.0. The van der Waals surface area contributed by atoms with E-state index < -0.39 is 23.2 Å². The minimum Gasteiger partial charge on any atom is -0.399 e. The van der Waals surface area contributed by atoms with Crippen LogP contribution in [0.2, 0.25) is 5.02 Å². The summed E-state index contributed by atoms with van der Waals surface area (Å²) in [6.45, 7) is 0. The Morgan fingerprint density at radius 3 is 2.40 bits per heavy atom. The van der Waals surface area contributed by atoms with Crippen molar-refractivity contribution in [3.05, 3.63) is 57.0 Å². The third-order valence-electron chi connectivity index (χ3n) is 2.48. The van der Waals surface area contributed by atoms with Crippen molar-refractivity contribution in [2.75, 3.05) is 11.1 Å². The molecule has 0 spiro atoms. The van der Waals surface area contributed by atoms with Crippen LogP contribution < -0.4 is 11.1 Å². The fourth-order valence-electron chi connectivity index (χ4n) is 1.56. The van der Waals surface area contributed by atoms with Crippen LogP contribution in [-0.2, 0) is 0 Å². The van der Waals surface area contributed by atoms with Gasteiger partial charge in [0.2, 0.25) is 0 Å². The number of anilines is 2. The quantitative estimate of drug-likeness (QED) is 0.787. The van der Waals surface area contributed by atoms with Gasteiger partial charge >= 0.3 is 0 Å². The number of nitrogen functional groups attached to an aromatic ring is 1. The van der Waals surface area contributed by atoms with Gasteiger partial charge in [0, 0.05) is 10.2 Å². The molecule has 0 heterocycles.